The van der Waals surface area contributed by atoms with Gasteiger partial charge in [-0.15, -0.1) is 0 Å². The minimum Gasteiger partial charge on any atom is -0.494 e. The van der Waals surface area contributed by atoms with E-state index in [0.29, 0.717) is 28.7 Å². The number of nitrogens with zero attached hydrogens (tertiary/aromatic N) is 1. The van der Waals surface area contributed by atoms with Crippen LogP contribution in [0.4, 0.5) is 25.8 Å². The highest BCUT2D eigenvalue weighted by molar-refractivity contribution is 6.41. The predicted molar refractivity (Wildman–Crippen MR) is 127 cm³/mol. The summed E-state index contributed by atoms with van der Waals surface area (Å²) in [5, 5.41) is 13.6. The highest BCUT2D eigenvalue weighted by Crippen LogP contribution is 2.45. The van der Waals surface area contributed by atoms with E-state index in [1.54, 1.807) is 11.0 Å². The fourth-order valence-electron chi connectivity index (χ4n) is 3.71. The van der Waals surface area contributed by atoms with Gasteiger partial charge in [0.1, 0.15) is 5.75 Å². The van der Waals surface area contributed by atoms with Crippen molar-refractivity contribution in [1.82, 2.24) is 0 Å². The molecule has 4 N–H and O–H groups in total. The first-order valence-electron chi connectivity index (χ1n) is 10.4. The van der Waals surface area contributed by atoms with Gasteiger partial charge in [-0.1, -0.05) is 41.9 Å². The van der Waals surface area contributed by atoms with Crippen LogP contribution in [0.1, 0.15) is 31.2 Å². The number of benzene rings is 2. The Morgan fingerprint density at radius 1 is 1.28 bits per heavy atom. The minimum atomic E-state index is -2.68. The number of piperidine rings is 1. The summed E-state index contributed by atoms with van der Waals surface area (Å²) in [5.74, 6) is -2.35. The fourth-order valence-corrected chi connectivity index (χ4v) is 4.41. The Kier molecular flexibility index (Phi) is 7.75. The predicted octanol–water partition coefficient (Wildman–Crippen LogP) is 5.91. The summed E-state index contributed by atoms with van der Waals surface area (Å²) in [6, 6.07) is 8.97. The highest BCUT2D eigenvalue weighted by atomic mass is 35.5. The summed E-state index contributed by atoms with van der Waals surface area (Å²) in [6.07, 6.45) is -0.534. The number of hydrogen-bond acceptors (Lipinski definition) is 5. The molecule has 0 spiro atoms. The molecule has 1 aliphatic rings. The smallest absolute Gasteiger partial charge is 0.251 e. The first-order chi connectivity index (χ1) is 15.2. The molecule has 1 fully saturated rings. The fraction of sp³-hybridized carbons (Fsp3) is 0.391. The molecule has 1 saturated heterocycles. The summed E-state index contributed by atoms with van der Waals surface area (Å²) in [5.41, 5.74) is 8.70. The van der Waals surface area contributed by atoms with Crippen LogP contribution >= 0.6 is 23.2 Å². The molecule has 1 unspecified atom stereocenters. The third-order valence-electron chi connectivity index (χ3n) is 5.53. The van der Waals surface area contributed by atoms with E-state index in [-0.39, 0.29) is 43.2 Å². The Balaban J connectivity index is 1.80. The van der Waals surface area contributed by atoms with Crippen molar-refractivity contribution in [1.29, 1.82) is 0 Å². The maximum absolute atomic E-state index is 13.5. The lowest BCUT2D eigenvalue weighted by atomic mass is 9.96. The SMILES string of the molecule is C=C(Nc1cc(Cl)c(N2CCC(F)(F)CC2)c(Cl)c1N)C(CO)c1ccc(OCC)cc1. The van der Waals surface area contributed by atoms with Crippen molar-refractivity contribution in [3.8, 4) is 5.75 Å². The first-order valence-corrected chi connectivity index (χ1v) is 11.1. The van der Waals surface area contributed by atoms with Crippen molar-refractivity contribution in [3.63, 3.8) is 0 Å². The Morgan fingerprint density at radius 2 is 1.91 bits per heavy atom. The number of nitrogens with one attached hydrogen (secondary N) is 1. The molecule has 32 heavy (non-hydrogen) atoms. The Labute approximate surface area is 196 Å². The maximum Gasteiger partial charge on any atom is 0.251 e. The lowest BCUT2D eigenvalue weighted by Gasteiger charge is -2.35. The number of nitrogens with two attached hydrogens (primary N) is 1. The van der Waals surface area contributed by atoms with E-state index in [0.717, 1.165) is 11.3 Å². The molecule has 0 radical (unpaired) electrons. The molecule has 174 valence electrons. The number of halogens is 4. The van der Waals surface area contributed by atoms with Crippen LogP contribution in [0.3, 0.4) is 0 Å². The number of nitrogen functional groups attached to an aromatic ring is 1. The van der Waals surface area contributed by atoms with Crippen LogP contribution in [-0.4, -0.2) is 37.3 Å². The zero-order valence-corrected chi connectivity index (χ0v) is 19.3. The molecule has 9 heteroatoms. The number of alkyl halides is 2. The molecule has 2 aromatic rings. The number of hydrogen-bond donors (Lipinski definition) is 3. The number of aliphatic hydroxyl groups excluding tert-OH is 1. The highest BCUT2D eigenvalue weighted by Gasteiger charge is 2.35. The van der Waals surface area contributed by atoms with E-state index in [2.05, 4.69) is 11.9 Å². The summed E-state index contributed by atoms with van der Waals surface area (Å²) in [4.78, 5) is 1.73. The molecule has 0 saturated carbocycles. The average molecular weight is 486 g/mol. The number of ether oxygens (including phenoxy) is 1. The van der Waals surface area contributed by atoms with E-state index >= 15 is 0 Å². The van der Waals surface area contributed by atoms with Gasteiger partial charge in [-0.3, -0.25) is 0 Å². The molecule has 5 nitrogen and oxygen atoms in total. The standard InChI is InChI=1S/C23H27Cl2F2N3O2/c1-3-32-16-6-4-15(5-7-16)17(13-31)14(2)29-19-12-18(24)22(20(25)21(19)28)30-10-8-23(26,27)9-11-30/h4-7,12,17,29,31H,2-3,8-11,13,28H2,1H3. The van der Waals surface area contributed by atoms with Crippen LogP contribution in [-0.2, 0) is 0 Å². The summed E-state index contributed by atoms with van der Waals surface area (Å²) in [7, 11) is 0. The summed E-state index contributed by atoms with van der Waals surface area (Å²) < 4.78 is 32.5. The van der Waals surface area contributed by atoms with Crippen molar-refractivity contribution >= 4 is 40.3 Å². The van der Waals surface area contributed by atoms with Crippen LogP contribution in [0.2, 0.25) is 10.0 Å². The van der Waals surface area contributed by atoms with Gasteiger partial charge in [-0.2, -0.15) is 0 Å². The Morgan fingerprint density at radius 3 is 2.47 bits per heavy atom. The third kappa shape index (κ3) is 5.39. The van der Waals surface area contributed by atoms with E-state index in [1.165, 1.54) is 0 Å². The zero-order valence-electron chi connectivity index (χ0n) is 17.8. The lowest BCUT2D eigenvalue weighted by molar-refractivity contribution is -0.0220. The molecule has 3 rings (SSSR count). The van der Waals surface area contributed by atoms with Crippen LogP contribution in [0.15, 0.2) is 42.6 Å². The normalized spacial score (nSPS) is 16.5. The van der Waals surface area contributed by atoms with E-state index in [1.807, 2.05) is 31.2 Å². The quantitative estimate of drug-likeness (QED) is 0.405. The number of rotatable bonds is 8. The Hall–Kier alpha value is -2.22. The van der Waals surface area contributed by atoms with Gasteiger partial charge in [0, 0.05) is 37.5 Å². The van der Waals surface area contributed by atoms with Gasteiger partial charge in [-0.05, 0) is 30.7 Å². The first kappa shape index (κ1) is 24.4. The van der Waals surface area contributed by atoms with Gasteiger partial charge in [-0.25, -0.2) is 8.78 Å². The average Bonchev–Trinajstić information content (AvgIpc) is 2.75. The topological polar surface area (TPSA) is 70.8 Å². The lowest BCUT2D eigenvalue weighted by Crippen LogP contribution is -2.39. The molecule has 0 aromatic heterocycles. The van der Waals surface area contributed by atoms with E-state index in [4.69, 9.17) is 33.7 Å². The van der Waals surface area contributed by atoms with Crippen LogP contribution < -0.4 is 20.7 Å². The maximum atomic E-state index is 13.5. The summed E-state index contributed by atoms with van der Waals surface area (Å²) >= 11 is 13.0. The monoisotopic (exact) mass is 485 g/mol. The molecule has 0 amide bonds. The van der Waals surface area contributed by atoms with Crippen LogP contribution in [0, 0.1) is 0 Å². The Bertz CT molecular complexity index is 961. The molecule has 1 aliphatic heterocycles. The van der Waals surface area contributed by atoms with Gasteiger partial charge < -0.3 is 25.8 Å². The van der Waals surface area contributed by atoms with E-state index < -0.39 is 11.8 Å². The van der Waals surface area contributed by atoms with Crippen molar-refractivity contribution in [2.75, 3.05) is 42.3 Å². The second-order valence-electron chi connectivity index (χ2n) is 7.71. The largest absolute Gasteiger partial charge is 0.494 e. The minimum absolute atomic E-state index is 0.135. The second-order valence-corrected chi connectivity index (χ2v) is 8.50. The molecule has 0 aliphatic carbocycles. The molecule has 2 aromatic carbocycles. The van der Waals surface area contributed by atoms with Crippen molar-refractivity contribution < 1.29 is 18.6 Å². The second kappa shape index (κ2) is 10.1. The number of anilines is 3. The van der Waals surface area contributed by atoms with Crippen LogP contribution in [0.5, 0.6) is 5.75 Å². The van der Waals surface area contributed by atoms with Gasteiger partial charge in [0.15, 0.2) is 0 Å². The molecule has 1 heterocycles. The van der Waals surface area contributed by atoms with Gasteiger partial charge >= 0.3 is 0 Å². The third-order valence-corrected chi connectivity index (χ3v) is 6.21. The van der Waals surface area contributed by atoms with E-state index in [9.17, 15) is 13.9 Å². The van der Waals surface area contributed by atoms with Crippen LogP contribution in [0.25, 0.3) is 0 Å². The van der Waals surface area contributed by atoms with Crippen molar-refractivity contribution in [3.05, 3.63) is 58.2 Å². The zero-order chi connectivity index (χ0) is 23.5. The molecule has 1 atom stereocenters. The molecule has 0 bridgehead atoms. The van der Waals surface area contributed by atoms with Crippen molar-refractivity contribution in [2.24, 2.45) is 0 Å². The van der Waals surface area contributed by atoms with Gasteiger partial charge in [0.05, 0.1) is 40.3 Å². The molecular formula is C23H27Cl2F2N3O2. The van der Waals surface area contributed by atoms with Gasteiger partial charge in [0.25, 0.3) is 5.92 Å². The summed E-state index contributed by atoms with van der Waals surface area (Å²) in [6.45, 7) is 6.61. The molecular weight excluding hydrogens is 459 g/mol. The number of aliphatic hydroxyl groups is 1. The van der Waals surface area contributed by atoms with Crippen molar-refractivity contribution in [2.45, 2.75) is 31.6 Å². The van der Waals surface area contributed by atoms with Gasteiger partial charge in [0.2, 0.25) is 0 Å².